The maximum atomic E-state index is 10.3. The van der Waals surface area contributed by atoms with Crippen LogP contribution in [0.4, 0.5) is 0 Å². The molecule has 0 radical (unpaired) electrons. The van der Waals surface area contributed by atoms with Gasteiger partial charge in [-0.2, -0.15) is 0 Å². The Morgan fingerprint density at radius 2 is 0.594 bits per heavy atom. The van der Waals surface area contributed by atoms with Gasteiger partial charge in [0.25, 0.3) is 0 Å². The quantitative estimate of drug-likeness (QED) is 0.365. The number of carbonyl (C=O) groups excluding carboxylic acids is 2. The van der Waals surface area contributed by atoms with Gasteiger partial charge in [0.15, 0.2) is 11.6 Å². The molecule has 0 spiro atoms. The molecule has 0 unspecified atom stereocenters. The highest BCUT2D eigenvalue weighted by molar-refractivity contribution is 6.14. The number of rotatable bonds is 4. The van der Waals surface area contributed by atoms with Crippen LogP contribution in [0.5, 0.6) is 0 Å². The summed E-state index contributed by atoms with van der Waals surface area (Å²) in [6.45, 7) is 18.4. The predicted molar refractivity (Wildman–Crippen MR) is 118 cm³/mol. The van der Waals surface area contributed by atoms with E-state index >= 15 is 0 Å². The highest BCUT2D eigenvalue weighted by Gasteiger charge is 1.98. The Labute approximate surface area is 185 Å². The zero-order valence-electron chi connectivity index (χ0n) is 18.4. The lowest BCUT2D eigenvalue weighted by atomic mass is 10.2. The fourth-order valence-corrected chi connectivity index (χ4v) is 0.440. The van der Waals surface area contributed by atoms with Crippen molar-refractivity contribution in [3.05, 3.63) is 72.9 Å². The molecule has 1 aliphatic rings. The Bertz CT molecular complexity index is 657. The van der Waals surface area contributed by atoms with Crippen LogP contribution in [0.25, 0.3) is 0 Å². The van der Waals surface area contributed by atoms with E-state index in [2.05, 4.69) is 26.3 Å². The summed E-state index contributed by atoms with van der Waals surface area (Å²) in [7, 11) is 0. The second kappa shape index (κ2) is 20.0. The first-order chi connectivity index (χ1) is 14.4. The summed E-state index contributed by atoms with van der Waals surface area (Å²) >= 11 is 0. The molecule has 32 heavy (non-hydrogen) atoms. The number of aliphatic carboxylic acids is 4. The minimum atomic E-state index is -0.935. The van der Waals surface area contributed by atoms with E-state index in [4.69, 9.17) is 20.4 Å². The molecule has 0 aromatic carbocycles. The van der Waals surface area contributed by atoms with Gasteiger partial charge in [-0.3, -0.25) is 9.59 Å². The van der Waals surface area contributed by atoms with Crippen molar-refractivity contribution >= 4 is 35.4 Å². The SMILES string of the molecule is C=C(C)C(=O)O.C=C(C)C(=O)O.C=C(C)C(=O)O.C=C(C)C(=O)O.O=C1C=CC(=O)C=C1. The Kier molecular flexibility index (Phi) is 21.9. The van der Waals surface area contributed by atoms with Crippen LogP contribution in [-0.4, -0.2) is 55.9 Å². The zero-order chi connectivity index (χ0) is 26.6. The molecule has 0 amide bonds. The Hall–Kier alpha value is -4.34. The van der Waals surface area contributed by atoms with E-state index in [1.54, 1.807) is 0 Å². The van der Waals surface area contributed by atoms with Crippen molar-refractivity contribution in [2.24, 2.45) is 0 Å². The van der Waals surface area contributed by atoms with E-state index in [1.807, 2.05) is 0 Å². The van der Waals surface area contributed by atoms with Gasteiger partial charge in [0.05, 0.1) is 0 Å². The Morgan fingerprint density at radius 3 is 0.656 bits per heavy atom. The monoisotopic (exact) mass is 452 g/mol. The lowest BCUT2D eigenvalue weighted by Crippen LogP contribution is -1.97. The first-order valence-corrected chi connectivity index (χ1v) is 8.35. The van der Waals surface area contributed by atoms with E-state index in [-0.39, 0.29) is 33.9 Å². The standard InChI is InChI=1S/C6H4O2.4C4H6O2/c7-5-1-2-6(8)4-3-5;4*1-3(2)4(5)6/h1-4H;4*1H2,2H3,(H,5,6). The Balaban J connectivity index is -0.000000154. The van der Waals surface area contributed by atoms with Crippen LogP contribution in [0, 0.1) is 0 Å². The third-order valence-corrected chi connectivity index (χ3v) is 2.28. The van der Waals surface area contributed by atoms with E-state index in [1.165, 1.54) is 52.0 Å². The van der Waals surface area contributed by atoms with Crippen molar-refractivity contribution in [1.29, 1.82) is 0 Å². The molecular formula is C22H28O10. The summed E-state index contributed by atoms with van der Waals surface area (Å²) in [6.07, 6.45) is 5.01. The van der Waals surface area contributed by atoms with Crippen molar-refractivity contribution in [3.8, 4) is 0 Å². The van der Waals surface area contributed by atoms with Crippen molar-refractivity contribution < 1.29 is 49.2 Å². The van der Waals surface area contributed by atoms with Crippen molar-refractivity contribution in [2.75, 3.05) is 0 Å². The minimum absolute atomic E-state index is 0.121. The van der Waals surface area contributed by atoms with E-state index in [0.29, 0.717) is 0 Å². The van der Waals surface area contributed by atoms with Crippen LogP contribution >= 0.6 is 0 Å². The van der Waals surface area contributed by atoms with Crippen molar-refractivity contribution in [3.63, 3.8) is 0 Å². The fourth-order valence-electron chi connectivity index (χ4n) is 0.440. The molecule has 0 saturated carbocycles. The third-order valence-electron chi connectivity index (χ3n) is 2.28. The number of hydrogen-bond acceptors (Lipinski definition) is 6. The summed E-state index contributed by atoms with van der Waals surface area (Å²) in [5.74, 6) is -3.98. The molecule has 1 rings (SSSR count). The number of ketones is 2. The summed E-state index contributed by atoms with van der Waals surface area (Å²) in [6, 6.07) is 0. The topological polar surface area (TPSA) is 183 Å². The predicted octanol–water partition coefficient (Wildman–Crippen LogP) is 2.84. The summed E-state index contributed by atoms with van der Waals surface area (Å²) in [5.41, 5.74) is 0.704. The lowest BCUT2D eigenvalue weighted by Gasteiger charge is -1.87. The average Bonchev–Trinajstić information content (AvgIpc) is 2.65. The molecule has 0 aliphatic heterocycles. The smallest absolute Gasteiger partial charge is 0.330 e. The molecule has 0 heterocycles. The zero-order valence-corrected chi connectivity index (χ0v) is 18.4. The Morgan fingerprint density at radius 1 is 0.500 bits per heavy atom. The van der Waals surface area contributed by atoms with Gasteiger partial charge in [-0.1, -0.05) is 26.3 Å². The normalized spacial score (nSPS) is 10.0. The summed E-state index contributed by atoms with van der Waals surface area (Å²) < 4.78 is 0. The maximum absolute atomic E-state index is 10.3. The number of carboxylic acid groups (broad SMARTS) is 4. The molecule has 4 N–H and O–H groups in total. The largest absolute Gasteiger partial charge is 0.478 e. The number of hydrogen-bond donors (Lipinski definition) is 4. The lowest BCUT2D eigenvalue weighted by molar-refractivity contribution is -0.133. The molecule has 0 bridgehead atoms. The summed E-state index contributed by atoms with van der Waals surface area (Å²) in [4.78, 5) is 59.0. The van der Waals surface area contributed by atoms with Gasteiger partial charge in [-0.05, 0) is 52.0 Å². The van der Waals surface area contributed by atoms with Crippen LogP contribution in [0.15, 0.2) is 72.9 Å². The molecule has 0 aromatic heterocycles. The first-order valence-electron chi connectivity index (χ1n) is 8.35. The number of carbonyl (C=O) groups is 6. The van der Waals surface area contributed by atoms with Gasteiger partial charge in [0, 0.05) is 22.3 Å². The molecule has 0 saturated heterocycles. The molecule has 176 valence electrons. The van der Waals surface area contributed by atoms with Crippen LogP contribution in [0.2, 0.25) is 0 Å². The minimum Gasteiger partial charge on any atom is -0.478 e. The number of allylic oxidation sites excluding steroid dienone is 4. The fraction of sp³-hybridized carbons (Fsp3) is 0.182. The molecule has 10 nitrogen and oxygen atoms in total. The van der Waals surface area contributed by atoms with E-state index in [9.17, 15) is 28.8 Å². The van der Waals surface area contributed by atoms with Crippen LogP contribution in [0.3, 0.4) is 0 Å². The molecule has 10 heteroatoms. The van der Waals surface area contributed by atoms with Crippen molar-refractivity contribution in [2.45, 2.75) is 27.7 Å². The maximum Gasteiger partial charge on any atom is 0.330 e. The first kappa shape index (κ1) is 35.1. The van der Waals surface area contributed by atoms with Crippen LogP contribution in [0.1, 0.15) is 27.7 Å². The highest BCUT2D eigenvalue weighted by Crippen LogP contribution is 1.90. The van der Waals surface area contributed by atoms with Gasteiger partial charge in [-0.25, -0.2) is 19.2 Å². The van der Waals surface area contributed by atoms with Gasteiger partial charge < -0.3 is 20.4 Å². The van der Waals surface area contributed by atoms with Gasteiger partial charge in [0.1, 0.15) is 0 Å². The molecule has 0 aromatic rings. The third kappa shape index (κ3) is 33.3. The number of carboxylic acids is 4. The average molecular weight is 452 g/mol. The second-order valence-corrected chi connectivity index (χ2v) is 5.81. The highest BCUT2D eigenvalue weighted by atomic mass is 16.4. The second-order valence-electron chi connectivity index (χ2n) is 5.81. The van der Waals surface area contributed by atoms with Crippen molar-refractivity contribution in [1.82, 2.24) is 0 Å². The van der Waals surface area contributed by atoms with Gasteiger partial charge in [-0.15, -0.1) is 0 Å². The van der Waals surface area contributed by atoms with Gasteiger partial charge in [0.2, 0.25) is 0 Å². The van der Waals surface area contributed by atoms with E-state index in [0.717, 1.165) is 0 Å². The molecule has 1 aliphatic carbocycles. The van der Waals surface area contributed by atoms with Gasteiger partial charge >= 0.3 is 23.9 Å². The van der Waals surface area contributed by atoms with Crippen LogP contribution < -0.4 is 0 Å². The van der Waals surface area contributed by atoms with E-state index < -0.39 is 23.9 Å². The molecular weight excluding hydrogens is 424 g/mol. The molecule has 0 atom stereocenters. The summed E-state index contributed by atoms with van der Waals surface area (Å²) in [5, 5.41) is 31.6. The molecule has 0 fully saturated rings. The van der Waals surface area contributed by atoms with Crippen LogP contribution in [-0.2, 0) is 28.8 Å².